The van der Waals surface area contributed by atoms with Crippen molar-refractivity contribution in [3.63, 3.8) is 0 Å². The third-order valence-electron chi connectivity index (χ3n) is 6.36. The van der Waals surface area contributed by atoms with Gasteiger partial charge >= 0.3 is 0 Å². The normalized spacial score (nSPS) is 37.3. The van der Waals surface area contributed by atoms with E-state index in [9.17, 15) is 19.5 Å². The Kier molecular flexibility index (Phi) is 4.82. The van der Waals surface area contributed by atoms with E-state index in [1.54, 1.807) is 28.6 Å². The number of hydrogen-bond donors (Lipinski definition) is 1. The summed E-state index contributed by atoms with van der Waals surface area (Å²) >= 11 is 1.57. The number of likely N-dealkylation sites (N-methyl/N-ethyl adjacent to an activating group) is 1. The van der Waals surface area contributed by atoms with Gasteiger partial charge in [-0.15, -0.1) is 11.8 Å². The fraction of sp³-hybridized carbons (Fsp3) is 0.650. The summed E-state index contributed by atoms with van der Waals surface area (Å²) in [5.41, 5.74) is 0. The number of amides is 3. The lowest BCUT2D eigenvalue weighted by Crippen LogP contribution is -2.54. The quantitative estimate of drug-likeness (QED) is 0.674. The summed E-state index contributed by atoms with van der Waals surface area (Å²) in [5, 5.41) is 9.44. The van der Waals surface area contributed by atoms with Crippen molar-refractivity contribution in [1.29, 1.82) is 0 Å². The Morgan fingerprint density at radius 3 is 2.61 bits per heavy atom. The molecular formula is C20H27N3O4S. The summed E-state index contributed by atoms with van der Waals surface area (Å²) in [6, 6.07) is -0.691. The molecule has 152 valence electrons. The van der Waals surface area contributed by atoms with E-state index in [-0.39, 0.29) is 42.2 Å². The van der Waals surface area contributed by atoms with Crippen molar-refractivity contribution in [3.8, 4) is 0 Å². The molecule has 0 aromatic carbocycles. The predicted octanol–water partition coefficient (Wildman–Crippen LogP) is 0.111. The number of β-amino-alcohol motifs (C(OH)–C–C–N with tert-alkyl or cyclic N) is 1. The largest absolute Gasteiger partial charge is 0.395 e. The lowest BCUT2D eigenvalue weighted by atomic mass is 9.78. The zero-order valence-corrected chi connectivity index (χ0v) is 17.3. The molecule has 0 radical (unpaired) electrons. The maximum Gasteiger partial charge on any atom is 0.247 e. The van der Waals surface area contributed by atoms with Crippen molar-refractivity contribution in [2.24, 2.45) is 11.8 Å². The van der Waals surface area contributed by atoms with Crippen LogP contribution in [-0.4, -0.2) is 92.9 Å². The van der Waals surface area contributed by atoms with Crippen LogP contribution in [0.4, 0.5) is 0 Å². The van der Waals surface area contributed by atoms with Gasteiger partial charge in [0, 0.05) is 38.0 Å². The van der Waals surface area contributed by atoms with Crippen LogP contribution in [0.5, 0.6) is 0 Å². The number of aliphatic hydroxyl groups is 1. The fourth-order valence-corrected chi connectivity index (χ4v) is 7.10. The van der Waals surface area contributed by atoms with Crippen LogP contribution in [0.1, 0.15) is 13.8 Å². The highest BCUT2D eigenvalue weighted by Gasteiger charge is 2.70. The highest BCUT2D eigenvalue weighted by Crippen LogP contribution is 2.60. The topological polar surface area (TPSA) is 81.2 Å². The van der Waals surface area contributed by atoms with E-state index in [0.29, 0.717) is 13.1 Å². The molecule has 28 heavy (non-hydrogen) atoms. The maximum atomic E-state index is 13.5. The molecule has 0 aromatic rings. The van der Waals surface area contributed by atoms with E-state index < -0.39 is 22.6 Å². The highest BCUT2D eigenvalue weighted by atomic mass is 32.2. The van der Waals surface area contributed by atoms with Crippen molar-refractivity contribution in [1.82, 2.24) is 14.7 Å². The first-order valence-corrected chi connectivity index (χ1v) is 10.7. The van der Waals surface area contributed by atoms with E-state index >= 15 is 0 Å². The summed E-state index contributed by atoms with van der Waals surface area (Å²) in [7, 11) is 1.75. The maximum absolute atomic E-state index is 13.5. The highest BCUT2D eigenvalue weighted by molar-refractivity contribution is 8.02. The van der Waals surface area contributed by atoms with Gasteiger partial charge in [0.1, 0.15) is 6.04 Å². The molecule has 4 aliphatic heterocycles. The molecule has 4 rings (SSSR count). The van der Waals surface area contributed by atoms with E-state index in [2.05, 4.69) is 0 Å². The molecule has 0 aliphatic carbocycles. The van der Waals surface area contributed by atoms with Crippen LogP contribution in [0.15, 0.2) is 24.3 Å². The first-order chi connectivity index (χ1) is 13.3. The lowest BCUT2D eigenvalue weighted by molar-refractivity contribution is -0.144. The molecule has 1 spiro atoms. The molecule has 0 bridgehead atoms. The van der Waals surface area contributed by atoms with Gasteiger partial charge in [-0.25, -0.2) is 0 Å². The van der Waals surface area contributed by atoms with Crippen molar-refractivity contribution < 1.29 is 19.5 Å². The molecule has 0 saturated carbocycles. The molecule has 2 fully saturated rings. The number of thioether (sulfide) groups is 1. The van der Waals surface area contributed by atoms with Crippen LogP contribution in [-0.2, 0) is 14.4 Å². The number of hydrogen-bond acceptors (Lipinski definition) is 5. The Morgan fingerprint density at radius 1 is 1.18 bits per heavy atom. The number of carbonyl (C=O) groups is 3. The Labute approximate surface area is 169 Å². The molecule has 8 heteroatoms. The van der Waals surface area contributed by atoms with Gasteiger partial charge in [0.05, 0.1) is 23.2 Å². The lowest BCUT2D eigenvalue weighted by Gasteiger charge is -2.36. The smallest absolute Gasteiger partial charge is 0.247 e. The van der Waals surface area contributed by atoms with Gasteiger partial charge in [0.25, 0.3) is 0 Å². The molecule has 4 aliphatic rings. The van der Waals surface area contributed by atoms with Crippen LogP contribution in [0.25, 0.3) is 0 Å². The van der Waals surface area contributed by atoms with E-state index in [1.807, 2.05) is 38.2 Å². The molecule has 3 amide bonds. The minimum atomic E-state index is -0.777. The third kappa shape index (κ3) is 2.57. The summed E-state index contributed by atoms with van der Waals surface area (Å²) in [6.07, 6.45) is 7.96. The second-order valence-electron chi connectivity index (χ2n) is 8.23. The van der Waals surface area contributed by atoms with Crippen LogP contribution in [0, 0.1) is 11.8 Å². The summed E-state index contributed by atoms with van der Waals surface area (Å²) < 4.78 is -0.777. The number of aliphatic hydroxyl groups excluding tert-OH is 1. The van der Waals surface area contributed by atoms with Crippen molar-refractivity contribution in [2.75, 3.05) is 33.3 Å². The van der Waals surface area contributed by atoms with Gasteiger partial charge in [-0.2, -0.15) is 0 Å². The minimum Gasteiger partial charge on any atom is -0.395 e. The molecule has 1 unspecified atom stereocenters. The average molecular weight is 406 g/mol. The number of carbonyl (C=O) groups excluding carboxylic acids is 3. The monoisotopic (exact) mass is 405 g/mol. The molecular weight excluding hydrogens is 378 g/mol. The molecule has 4 heterocycles. The molecule has 1 N–H and O–H groups in total. The van der Waals surface area contributed by atoms with Crippen molar-refractivity contribution in [2.45, 2.75) is 35.9 Å². The van der Waals surface area contributed by atoms with Gasteiger partial charge < -0.3 is 19.8 Å². The number of nitrogens with zero attached hydrogens (tertiary/aromatic N) is 3. The number of fused-ring (bicyclic) bond motifs is 2. The van der Waals surface area contributed by atoms with Crippen LogP contribution >= 0.6 is 11.8 Å². The van der Waals surface area contributed by atoms with Crippen molar-refractivity contribution in [3.05, 3.63) is 24.3 Å². The Balaban J connectivity index is 1.85. The molecule has 2 saturated heterocycles. The summed E-state index contributed by atoms with van der Waals surface area (Å²) in [4.78, 5) is 45.1. The Morgan fingerprint density at radius 2 is 1.93 bits per heavy atom. The number of rotatable bonds is 3. The van der Waals surface area contributed by atoms with E-state index in [4.69, 9.17) is 0 Å². The zero-order valence-electron chi connectivity index (χ0n) is 16.4. The fourth-order valence-electron chi connectivity index (χ4n) is 5.09. The summed E-state index contributed by atoms with van der Waals surface area (Å²) in [6.45, 7) is 4.83. The molecule has 7 nitrogen and oxygen atoms in total. The van der Waals surface area contributed by atoms with Crippen LogP contribution in [0.2, 0.25) is 0 Å². The second-order valence-corrected chi connectivity index (χ2v) is 9.72. The summed E-state index contributed by atoms with van der Waals surface area (Å²) in [5.74, 6) is -1.43. The third-order valence-corrected chi connectivity index (χ3v) is 8.10. The standard InChI is InChI=1S/C20H27N3O4S/c1-12(2)22-9-5-7-20-15(18(26)23(10-11-24)16(20)19(22)27)14-13(28-20)6-4-8-21(3)17(14)25/h4-7,12-16,24H,8-11H2,1-3H3/t13-,14+,15+,16?,20+/m1/s1. The average Bonchev–Trinajstić information content (AvgIpc) is 2.95. The van der Waals surface area contributed by atoms with Crippen LogP contribution in [0.3, 0.4) is 0 Å². The van der Waals surface area contributed by atoms with E-state index in [1.165, 1.54) is 4.90 Å². The molecule has 0 aromatic heterocycles. The Hall–Kier alpha value is -1.80. The first-order valence-electron chi connectivity index (χ1n) is 9.82. The van der Waals surface area contributed by atoms with Gasteiger partial charge in [-0.05, 0) is 13.8 Å². The first kappa shape index (κ1) is 19.5. The van der Waals surface area contributed by atoms with Crippen LogP contribution < -0.4 is 0 Å². The second kappa shape index (κ2) is 6.91. The van der Waals surface area contributed by atoms with Gasteiger partial charge in [0.15, 0.2) is 0 Å². The number of likely N-dealkylation sites (tertiary alicyclic amines) is 1. The molecule has 5 atom stereocenters. The van der Waals surface area contributed by atoms with E-state index in [0.717, 1.165) is 0 Å². The zero-order chi connectivity index (χ0) is 20.2. The van der Waals surface area contributed by atoms with Gasteiger partial charge in [0.2, 0.25) is 17.7 Å². The predicted molar refractivity (Wildman–Crippen MR) is 106 cm³/mol. The van der Waals surface area contributed by atoms with Gasteiger partial charge in [-0.1, -0.05) is 24.3 Å². The SMILES string of the molecule is CC(C)N1CC=C[C@]23S[C@@H]4C=CCN(C)C(=O)[C@@H]4[C@H]2C(=O)N(CCO)C3C1=O. The Bertz CT molecular complexity index is 767. The van der Waals surface area contributed by atoms with Gasteiger partial charge in [-0.3, -0.25) is 14.4 Å². The minimum absolute atomic E-state index is 0.00182. The van der Waals surface area contributed by atoms with Crippen molar-refractivity contribution >= 4 is 29.5 Å².